The summed E-state index contributed by atoms with van der Waals surface area (Å²) in [5.41, 5.74) is 1.58. The van der Waals surface area contributed by atoms with Crippen LogP contribution in [0.1, 0.15) is 28.5 Å². The van der Waals surface area contributed by atoms with Gasteiger partial charge in [0.2, 0.25) is 5.88 Å². The molecule has 6 nitrogen and oxygen atoms in total. The average Bonchev–Trinajstić information content (AvgIpc) is 2.95. The lowest BCUT2D eigenvalue weighted by atomic mass is 10.2. The summed E-state index contributed by atoms with van der Waals surface area (Å²) in [6, 6.07) is 7.07. The Hall–Kier alpha value is -2.81. The van der Waals surface area contributed by atoms with E-state index in [0.717, 1.165) is 5.56 Å². The van der Waals surface area contributed by atoms with Gasteiger partial charge in [-0.3, -0.25) is 4.79 Å². The number of hydrogen-bond donors (Lipinski definition) is 2. The van der Waals surface area contributed by atoms with Crippen molar-refractivity contribution < 1.29 is 9.53 Å². The molecule has 0 radical (unpaired) electrons. The van der Waals surface area contributed by atoms with Gasteiger partial charge in [-0.25, -0.2) is 4.98 Å². The molecule has 0 saturated heterocycles. The van der Waals surface area contributed by atoms with Gasteiger partial charge in [-0.05, 0) is 19.1 Å². The second-order valence-corrected chi connectivity index (χ2v) is 4.00. The number of nitrogens with one attached hydrogen (secondary N) is 2. The van der Waals surface area contributed by atoms with Crippen LogP contribution in [0.4, 0.5) is 0 Å². The summed E-state index contributed by atoms with van der Waals surface area (Å²) in [4.78, 5) is 18.7. The topological polar surface area (TPSA) is 90.8 Å². The monoisotopic (exact) mass is 270 g/mol. The highest BCUT2D eigenvalue weighted by atomic mass is 16.5. The molecule has 2 N–H and O–H groups in total. The minimum absolute atomic E-state index is 0.256. The number of carbonyl (C=O) groups is 1. The normalized spacial score (nSPS) is 9.80. The third-order valence-corrected chi connectivity index (χ3v) is 2.64. The van der Waals surface area contributed by atoms with Crippen molar-refractivity contribution in [3.05, 3.63) is 47.4 Å². The maximum absolute atomic E-state index is 11.9. The van der Waals surface area contributed by atoms with E-state index in [4.69, 9.17) is 10.00 Å². The SMILES string of the molecule is CCOc1ncccc1CNC(=O)c1c[nH]c(C#N)c1. The number of H-pyrrole nitrogens is 1. The highest BCUT2D eigenvalue weighted by molar-refractivity contribution is 5.94. The van der Waals surface area contributed by atoms with E-state index < -0.39 is 0 Å². The maximum atomic E-state index is 11.9. The number of ether oxygens (including phenoxy) is 1. The fourth-order valence-electron chi connectivity index (χ4n) is 1.69. The summed E-state index contributed by atoms with van der Waals surface area (Å²) < 4.78 is 5.38. The number of carbonyl (C=O) groups excluding carboxylic acids is 1. The van der Waals surface area contributed by atoms with Crippen LogP contribution in [-0.2, 0) is 6.54 Å². The molecule has 0 aromatic carbocycles. The van der Waals surface area contributed by atoms with Crippen molar-refractivity contribution in [2.75, 3.05) is 6.61 Å². The van der Waals surface area contributed by atoms with Gasteiger partial charge >= 0.3 is 0 Å². The number of hydrogen-bond acceptors (Lipinski definition) is 4. The van der Waals surface area contributed by atoms with E-state index in [2.05, 4.69) is 15.3 Å². The van der Waals surface area contributed by atoms with Gasteiger partial charge in [-0.1, -0.05) is 6.07 Å². The van der Waals surface area contributed by atoms with Gasteiger partial charge in [0.15, 0.2) is 0 Å². The van der Waals surface area contributed by atoms with Crippen molar-refractivity contribution in [3.8, 4) is 11.9 Å². The summed E-state index contributed by atoms with van der Waals surface area (Å²) in [6.07, 6.45) is 3.14. The van der Waals surface area contributed by atoms with Gasteiger partial charge in [0.25, 0.3) is 5.91 Å². The summed E-state index contributed by atoms with van der Waals surface area (Å²) in [5, 5.41) is 11.5. The molecule has 2 rings (SSSR count). The van der Waals surface area contributed by atoms with Crippen molar-refractivity contribution in [2.45, 2.75) is 13.5 Å². The van der Waals surface area contributed by atoms with Gasteiger partial charge in [-0.2, -0.15) is 5.26 Å². The van der Waals surface area contributed by atoms with Crippen LogP contribution in [0.3, 0.4) is 0 Å². The van der Waals surface area contributed by atoms with E-state index in [9.17, 15) is 4.79 Å². The second-order valence-electron chi connectivity index (χ2n) is 4.00. The molecule has 0 saturated carbocycles. The smallest absolute Gasteiger partial charge is 0.253 e. The predicted octanol–water partition coefficient (Wildman–Crippen LogP) is 1.61. The fourth-order valence-corrected chi connectivity index (χ4v) is 1.69. The maximum Gasteiger partial charge on any atom is 0.253 e. The van der Waals surface area contributed by atoms with Crippen LogP contribution < -0.4 is 10.1 Å². The van der Waals surface area contributed by atoms with Crippen LogP contribution in [0.2, 0.25) is 0 Å². The van der Waals surface area contributed by atoms with Gasteiger partial charge in [0, 0.05) is 24.5 Å². The second kappa shape index (κ2) is 6.38. The number of amides is 1. The lowest BCUT2D eigenvalue weighted by molar-refractivity contribution is 0.0950. The molecule has 0 atom stereocenters. The number of nitriles is 1. The molecular formula is C14H14N4O2. The van der Waals surface area contributed by atoms with E-state index in [1.54, 1.807) is 12.3 Å². The quantitative estimate of drug-likeness (QED) is 0.863. The van der Waals surface area contributed by atoms with E-state index >= 15 is 0 Å². The summed E-state index contributed by atoms with van der Waals surface area (Å²) in [6.45, 7) is 2.70. The number of aromatic amines is 1. The van der Waals surface area contributed by atoms with E-state index in [0.29, 0.717) is 30.3 Å². The van der Waals surface area contributed by atoms with Gasteiger partial charge in [0.1, 0.15) is 11.8 Å². The molecule has 2 aromatic heterocycles. The van der Waals surface area contributed by atoms with Crippen molar-refractivity contribution in [2.24, 2.45) is 0 Å². The first-order valence-electron chi connectivity index (χ1n) is 6.18. The molecule has 20 heavy (non-hydrogen) atoms. The summed E-state index contributed by atoms with van der Waals surface area (Å²) in [7, 11) is 0. The highest BCUT2D eigenvalue weighted by Crippen LogP contribution is 2.14. The third-order valence-electron chi connectivity index (χ3n) is 2.64. The van der Waals surface area contributed by atoms with Crippen molar-refractivity contribution >= 4 is 5.91 Å². The first kappa shape index (κ1) is 13.6. The Balaban J connectivity index is 2.02. The van der Waals surface area contributed by atoms with E-state index in [1.807, 2.05) is 19.1 Å². The Morgan fingerprint density at radius 2 is 2.45 bits per heavy atom. The molecule has 102 valence electrons. The van der Waals surface area contributed by atoms with E-state index in [1.165, 1.54) is 12.3 Å². The Bertz CT molecular complexity index is 643. The van der Waals surface area contributed by atoms with Crippen LogP contribution in [0.15, 0.2) is 30.6 Å². The molecule has 0 spiro atoms. The van der Waals surface area contributed by atoms with Crippen LogP contribution >= 0.6 is 0 Å². The van der Waals surface area contributed by atoms with E-state index in [-0.39, 0.29) is 5.91 Å². The summed E-state index contributed by atoms with van der Waals surface area (Å²) >= 11 is 0. The molecule has 6 heteroatoms. The lowest BCUT2D eigenvalue weighted by Crippen LogP contribution is -2.22. The molecule has 0 bridgehead atoms. The molecule has 0 aliphatic rings. The minimum atomic E-state index is -0.256. The zero-order valence-corrected chi connectivity index (χ0v) is 11.0. The first-order chi connectivity index (χ1) is 9.74. The Morgan fingerprint density at radius 1 is 1.60 bits per heavy atom. The third kappa shape index (κ3) is 3.14. The van der Waals surface area contributed by atoms with Crippen LogP contribution in [0, 0.1) is 11.3 Å². The molecular weight excluding hydrogens is 256 g/mol. The van der Waals surface area contributed by atoms with Crippen LogP contribution in [0.25, 0.3) is 0 Å². The number of rotatable bonds is 5. The van der Waals surface area contributed by atoms with Gasteiger partial charge in [0.05, 0.1) is 12.2 Å². The average molecular weight is 270 g/mol. The molecule has 2 heterocycles. The van der Waals surface area contributed by atoms with Crippen LogP contribution in [0.5, 0.6) is 5.88 Å². The number of pyridine rings is 1. The highest BCUT2D eigenvalue weighted by Gasteiger charge is 2.10. The Kier molecular flexibility index (Phi) is 4.35. The van der Waals surface area contributed by atoms with Crippen LogP contribution in [-0.4, -0.2) is 22.5 Å². The molecule has 0 fully saturated rings. The Labute approximate surface area is 116 Å². The number of nitrogens with zero attached hydrogens (tertiary/aromatic N) is 2. The minimum Gasteiger partial charge on any atom is -0.478 e. The lowest BCUT2D eigenvalue weighted by Gasteiger charge is -2.09. The standard InChI is InChI=1S/C14H14N4O2/c1-2-20-14-10(4-3-5-16-14)8-18-13(19)11-6-12(7-15)17-9-11/h3-6,9,17H,2,8H2,1H3,(H,18,19). The molecule has 0 unspecified atom stereocenters. The Morgan fingerprint density at radius 3 is 3.15 bits per heavy atom. The fraction of sp³-hybridized carbons (Fsp3) is 0.214. The molecule has 2 aromatic rings. The zero-order chi connectivity index (χ0) is 14.4. The number of aromatic nitrogens is 2. The van der Waals surface area contributed by atoms with Crippen molar-refractivity contribution in [3.63, 3.8) is 0 Å². The first-order valence-corrected chi connectivity index (χ1v) is 6.18. The largest absolute Gasteiger partial charge is 0.478 e. The molecule has 0 aliphatic carbocycles. The van der Waals surface area contributed by atoms with Crippen molar-refractivity contribution in [1.82, 2.24) is 15.3 Å². The predicted molar refractivity (Wildman–Crippen MR) is 72.1 cm³/mol. The zero-order valence-electron chi connectivity index (χ0n) is 11.0. The molecule has 1 amide bonds. The molecule has 0 aliphatic heterocycles. The van der Waals surface area contributed by atoms with Crippen molar-refractivity contribution in [1.29, 1.82) is 5.26 Å². The van der Waals surface area contributed by atoms with Gasteiger partial charge in [-0.15, -0.1) is 0 Å². The van der Waals surface area contributed by atoms with Gasteiger partial charge < -0.3 is 15.0 Å². The summed E-state index contributed by atoms with van der Waals surface area (Å²) in [5.74, 6) is 0.260.